The van der Waals surface area contributed by atoms with Gasteiger partial charge in [0, 0.05) is 52.5 Å². The number of carbonyl (C=O) groups is 2. The first kappa shape index (κ1) is 29.1. The lowest BCUT2D eigenvalue weighted by Gasteiger charge is -2.32. The molecular formula is C34H39N5O3. The normalized spacial score (nSPS) is 14.9. The lowest BCUT2D eigenvalue weighted by molar-refractivity contribution is -0.120. The van der Waals surface area contributed by atoms with Gasteiger partial charge in [0.05, 0.1) is 5.69 Å². The van der Waals surface area contributed by atoms with Crippen molar-refractivity contribution in [2.24, 2.45) is 7.05 Å². The van der Waals surface area contributed by atoms with Crippen LogP contribution in [0.25, 0.3) is 0 Å². The van der Waals surface area contributed by atoms with Crippen molar-refractivity contribution >= 4 is 17.5 Å². The predicted molar refractivity (Wildman–Crippen MR) is 164 cm³/mol. The molecule has 0 fully saturated rings. The Morgan fingerprint density at radius 2 is 1.55 bits per heavy atom. The molecule has 0 N–H and O–H groups in total. The van der Waals surface area contributed by atoms with Crippen LogP contribution < -0.4 is 9.64 Å². The maximum Gasteiger partial charge on any atom is 0.272 e. The topological polar surface area (TPSA) is 70.9 Å². The highest BCUT2D eigenvalue weighted by molar-refractivity contribution is 5.96. The number of rotatable bonds is 6. The van der Waals surface area contributed by atoms with E-state index in [4.69, 9.17) is 4.74 Å². The largest absolute Gasteiger partial charge is 0.484 e. The minimum absolute atomic E-state index is 0.0663. The summed E-state index contributed by atoms with van der Waals surface area (Å²) < 4.78 is 7.51. The van der Waals surface area contributed by atoms with Crippen molar-refractivity contribution in [1.29, 1.82) is 0 Å². The van der Waals surface area contributed by atoms with E-state index in [9.17, 15) is 9.59 Å². The van der Waals surface area contributed by atoms with Gasteiger partial charge in [-0.15, -0.1) is 0 Å². The average Bonchev–Trinajstić information content (AvgIpc) is 3.43. The third-order valence-electron chi connectivity index (χ3n) is 7.69. The number of fused-ring (bicyclic) bond motifs is 1. The summed E-state index contributed by atoms with van der Waals surface area (Å²) in [4.78, 5) is 33.8. The minimum atomic E-state index is -0.106. The van der Waals surface area contributed by atoms with Crippen molar-refractivity contribution in [2.45, 2.75) is 32.9 Å². The van der Waals surface area contributed by atoms with E-state index in [-0.39, 0.29) is 18.4 Å². The lowest BCUT2D eigenvalue weighted by atomic mass is 10.0. The van der Waals surface area contributed by atoms with Gasteiger partial charge in [0.25, 0.3) is 11.8 Å². The molecule has 0 bridgehead atoms. The molecule has 2 amide bonds. The monoisotopic (exact) mass is 565 g/mol. The highest BCUT2D eigenvalue weighted by atomic mass is 16.5. The van der Waals surface area contributed by atoms with Crippen LogP contribution in [-0.4, -0.2) is 64.2 Å². The Hall–Kier alpha value is -4.43. The Bertz CT molecular complexity index is 1470. The zero-order valence-corrected chi connectivity index (χ0v) is 24.5. The lowest BCUT2D eigenvalue weighted by Crippen LogP contribution is -2.41. The maximum atomic E-state index is 13.8. The third kappa shape index (κ3) is 7.25. The fourth-order valence-corrected chi connectivity index (χ4v) is 5.59. The molecule has 8 heteroatoms. The van der Waals surface area contributed by atoms with Crippen molar-refractivity contribution in [3.8, 4) is 5.75 Å². The number of hydrogen-bond acceptors (Lipinski definition) is 5. The third-order valence-corrected chi connectivity index (χ3v) is 7.69. The van der Waals surface area contributed by atoms with Gasteiger partial charge in [0.15, 0.2) is 6.61 Å². The summed E-state index contributed by atoms with van der Waals surface area (Å²) >= 11 is 0. The second kappa shape index (κ2) is 14.0. The smallest absolute Gasteiger partial charge is 0.272 e. The second-order valence-electron chi connectivity index (χ2n) is 10.8. The molecule has 1 aromatic heterocycles. The molecule has 8 nitrogen and oxygen atoms in total. The van der Waals surface area contributed by atoms with Crippen LogP contribution in [0.2, 0.25) is 0 Å². The molecule has 218 valence electrons. The molecule has 0 atom stereocenters. The highest BCUT2D eigenvalue weighted by Gasteiger charge is 2.26. The fraction of sp³-hybridized carbons (Fsp3) is 0.324. The Morgan fingerprint density at radius 1 is 0.833 bits per heavy atom. The molecule has 0 saturated carbocycles. The fourth-order valence-electron chi connectivity index (χ4n) is 5.59. The molecule has 4 aromatic rings. The van der Waals surface area contributed by atoms with Gasteiger partial charge in [-0.1, -0.05) is 66.7 Å². The van der Waals surface area contributed by atoms with E-state index in [1.54, 1.807) is 24.0 Å². The molecule has 0 spiro atoms. The van der Waals surface area contributed by atoms with Crippen LogP contribution in [0.4, 0.5) is 5.69 Å². The molecular weight excluding hydrogens is 526 g/mol. The summed E-state index contributed by atoms with van der Waals surface area (Å²) in [6, 6.07) is 27.7. The molecule has 2 heterocycles. The number of nitrogens with zero attached hydrogens (tertiary/aromatic N) is 5. The zero-order valence-electron chi connectivity index (χ0n) is 24.5. The van der Waals surface area contributed by atoms with Crippen molar-refractivity contribution in [2.75, 3.05) is 37.7 Å². The summed E-state index contributed by atoms with van der Waals surface area (Å²) in [5.74, 6) is 0.484. The SMILES string of the molecule is Cc1cccc2c1N(C(=O)COc1ccccc1)CCCN(Cc1ccccc1)CCCN(C(=O)c1ccnn1C)C2. The van der Waals surface area contributed by atoms with Crippen LogP contribution in [0.5, 0.6) is 5.75 Å². The van der Waals surface area contributed by atoms with Gasteiger partial charge in [-0.25, -0.2) is 0 Å². The quantitative estimate of drug-likeness (QED) is 0.326. The molecule has 0 saturated heterocycles. The van der Waals surface area contributed by atoms with E-state index >= 15 is 0 Å². The summed E-state index contributed by atoms with van der Waals surface area (Å²) in [6.45, 7) is 5.98. The molecule has 3 aromatic carbocycles. The zero-order chi connectivity index (χ0) is 29.3. The minimum Gasteiger partial charge on any atom is -0.484 e. The number of hydrogen-bond donors (Lipinski definition) is 0. The van der Waals surface area contributed by atoms with Gasteiger partial charge in [-0.05, 0) is 54.7 Å². The van der Waals surface area contributed by atoms with Crippen LogP contribution >= 0.6 is 0 Å². The molecule has 0 aliphatic carbocycles. The van der Waals surface area contributed by atoms with Crippen molar-refractivity contribution < 1.29 is 14.3 Å². The second-order valence-corrected chi connectivity index (χ2v) is 10.8. The van der Waals surface area contributed by atoms with Crippen molar-refractivity contribution in [1.82, 2.24) is 19.6 Å². The summed E-state index contributed by atoms with van der Waals surface area (Å²) in [5.41, 5.74) is 4.59. The number of anilines is 1. The highest BCUT2D eigenvalue weighted by Crippen LogP contribution is 2.28. The number of amides is 2. The molecule has 0 radical (unpaired) electrons. The molecule has 0 unspecified atom stereocenters. The number of ether oxygens (including phenoxy) is 1. The number of benzene rings is 3. The average molecular weight is 566 g/mol. The summed E-state index contributed by atoms with van der Waals surface area (Å²) in [5, 5.41) is 4.23. The van der Waals surface area contributed by atoms with Gasteiger partial charge in [-0.2, -0.15) is 5.10 Å². The predicted octanol–water partition coefficient (Wildman–Crippen LogP) is 5.08. The number of aromatic nitrogens is 2. The van der Waals surface area contributed by atoms with E-state index in [0.29, 0.717) is 31.1 Å². The van der Waals surface area contributed by atoms with Crippen LogP contribution in [-0.2, 0) is 24.9 Å². The van der Waals surface area contributed by atoms with E-state index in [1.165, 1.54) is 5.56 Å². The number of aryl methyl sites for hydroxylation is 2. The number of carbonyl (C=O) groups excluding carboxylic acids is 2. The Balaban J connectivity index is 1.46. The maximum absolute atomic E-state index is 13.8. The van der Waals surface area contributed by atoms with Gasteiger partial charge in [0.1, 0.15) is 11.4 Å². The first-order chi connectivity index (χ1) is 20.5. The first-order valence-electron chi connectivity index (χ1n) is 14.6. The molecule has 1 aliphatic heterocycles. The van der Waals surface area contributed by atoms with Gasteiger partial charge in [0.2, 0.25) is 0 Å². The van der Waals surface area contributed by atoms with Gasteiger partial charge < -0.3 is 14.5 Å². The summed E-state index contributed by atoms with van der Waals surface area (Å²) in [7, 11) is 1.79. The summed E-state index contributed by atoms with van der Waals surface area (Å²) in [6.07, 6.45) is 3.30. The van der Waals surface area contributed by atoms with Gasteiger partial charge >= 0.3 is 0 Å². The first-order valence-corrected chi connectivity index (χ1v) is 14.6. The van der Waals surface area contributed by atoms with Crippen molar-refractivity contribution in [3.05, 3.63) is 114 Å². The van der Waals surface area contributed by atoms with E-state index < -0.39 is 0 Å². The molecule has 42 heavy (non-hydrogen) atoms. The number of para-hydroxylation sites is 2. The Morgan fingerprint density at radius 3 is 2.26 bits per heavy atom. The van der Waals surface area contributed by atoms with E-state index in [1.807, 2.05) is 71.3 Å². The van der Waals surface area contributed by atoms with Crippen LogP contribution in [0.15, 0.2) is 91.1 Å². The van der Waals surface area contributed by atoms with Crippen LogP contribution in [0.3, 0.4) is 0 Å². The van der Waals surface area contributed by atoms with Crippen LogP contribution in [0.1, 0.15) is 40.0 Å². The van der Waals surface area contributed by atoms with Gasteiger partial charge in [-0.3, -0.25) is 19.2 Å². The Kier molecular flexibility index (Phi) is 9.66. The Labute approximate surface area is 248 Å². The molecule has 1 aliphatic rings. The van der Waals surface area contributed by atoms with Crippen molar-refractivity contribution in [3.63, 3.8) is 0 Å². The van der Waals surface area contributed by atoms with Crippen LogP contribution in [0, 0.1) is 6.92 Å². The standard InChI is InChI=1S/C34H39N5O3/c1-27-12-9-15-29-25-38(34(41)31-18-19-35-36(31)2)22-10-20-37(24-28-13-5-3-6-14-28)21-11-23-39(33(27)29)32(40)26-42-30-16-7-4-8-17-30/h3-9,12-19H,10-11,20-26H2,1-2H3. The molecule has 5 rings (SSSR count). The van der Waals surface area contributed by atoms with E-state index in [2.05, 4.69) is 34.3 Å². The van der Waals surface area contributed by atoms with E-state index in [0.717, 1.165) is 49.3 Å².